The van der Waals surface area contributed by atoms with Gasteiger partial charge < -0.3 is 9.80 Å². The largest absolute Gasteiger partial charge is 0.369 e. The van der Waals surface area contributed by atoms with Crippen molar-refractivity contribution >= 4 is 34.2 Å². The molecule has 0 N–H and O–H groups in total. The van der Waals surface area contributed by atoms with E-state index in [1.165, 1.54) is 5.69 Å². The number of nitrogens with zero attached hydrogens (tertiary/aromatic N) is 2. The molecule has 4 heteroatoms. The molecule has 3 rings (SSSR count). The van der Waals surface area contributed by atoms with Crippen LogP contribution >= 0.6 is 22.6 Å². The summed E-state index contributed by atoms with van der Waals surface area (Å²) in [6, 6.07) is 18.5. The topological polar surface area (TPSA) is 23.6 Å². The van der Waals surface area contributed by atoms with Crippen LogP contribution in [0.1, 0.15) is 23.2 Å². The minimum absolute atomic E-state index is 0.112. The number of carbonyl (C=O) groups excluding carboxylic acids is 1. The van der Waals surface area contributed by atoms with Crippen molar-refractivity contribution < 1.29 is 4.79 Å². The molecule has 0 radical (unpaired) electrons. The highest BCUT2D eigenvalue weighted by Crippen LogP contribution is 2.22. The maximum atomic E-state index is 12.7. The monoisotopic (exact) mass is 420 g/mol. The Hall–Kier alpha value is -1.56. The van der Waals surface area contributed by atoms with Gasteiger partial charge in [-0.15, -0.1) is 0 Å². The molecule has 120 valence electrons. The molecule has 0 bridgehead atoms. The fraction of sp³-hybridized carbons (Fsp3) is 0.316. The number of para-hydroxylation sites is 1. The van der Waals surface area contributed by atoms with Crippen molar-refractivity contribution in [3.63, 3.8) is 0 Å². The second kappa shape index (κ2) is 7.34. The van der Waals surface area contributed by atoms with Gasteiger partial charge in [0.15, 0.2) is 0 Å². The summed E-state index contributed by atoms with van der Waals surface area (Å²) in [6.07, 6.45) is 2.18. The highest BCUT2D eigenvalue weighted by Gasteiger charge is 2.26. The lowest BCUT2D eigenvalue weighted by molar-refractivity contribution is 0.0717. The molecule has 1 fully saturated rings. The molecule has 23 heavy (non-hydrogen) atoms. The van der Waals surface area contributed by atoms with Gasteiger partial charge in [-0.25, -0.2) is 0 Å². The Morgan fingerprint density at radius 2 is 1.83 bits per heavy atom. The second-order valence-electron chi connectivity index (χ2n) is 6.00. The summed E-state index contributed by atoms with van der Waals surface area (Å²) in [7, 11) is 1.93. The van der Waals surface area contributed by atoms with Crippen molar-refractivity contribution in [1.82, 2.24) is 4.90 Å². The number of piperidine rings is 1. The summed E-state index contributed by atoms with van der Waals surface area (Å²) in [6.45, 7) is 1.96. The third-order valence-electron chi connectivity index (χ3n) is 4.48. The summed E-state index contributed by atoms with van der Waals surface area (Å²) in [5.74, 6) is 0.112. The molecule has 2 aromatic rings. The predicted molar refractivity (Wildman–Crippen MR) is 103 cm³/mol. The highest BCUT2D eigenvalue weighted by molar-refractivity contribution is 14.1. The third-order valence-corrected chi connectivity index (χ3v) is 5.20. The summed E-state index contributed by atoms with van der Waals surface area (Å²) in [4.78, 5) is 17.0. The van der Waals surface area contributed by atoms with Crippen LogP contribution in [0.15, 0.2) is 54.6 Å². The maximum Gasteiger partial charge on any atom is 0.253 e. The number of likely N-dealkylation sites (N-methyl/N-ethyl adjacent to an activating group) is 1. The van der Waals surface area contributed by atoms with Crippen LogP contribution in [0, 0.1) is 3.57 Å². The SMILES string of the molecule is CN(C(=O)c1ccc(I)cc1)C1CCCN(c2ccccc2)C1. The zero-order valence-electron chi connectivity index (χ0n) is 13.3. The molecule has 1 heterocycles. The van der Waals surface area contributed by atoms with E-state index in [4.69, 9.17) is 0 Å². The average molecular weight is 420 g/mol. The summed E-state index contributed by atoms with van der Waals surface area (Å²) < 4.78 is 1.15. The van der Waals surface area contributed by atoms with Gasteiger partial charge in [0.2, 0.25) is 0 Å². The summed E-state index contributed by atoms with van der Waals surface area (Å²) in [5.41, 5.74) is 2.01. The van der Waals surface area contributed by atoms with E-state index in [9.17, 15) is 4.79 Å². The van der Waals surface area contributed by atoms with E-state index in [-0.39, 0.29) is 11.9 Å². The van der Waals surface area contributed by atoms with E-state index in [0.717, 1.165) is 35.1 Å². The second-order valence-corrected chi connectivity index (χ2v) is 7.25. The van der Waals surface area contributed by atoms with E-state index >= 15 is 0 Å². The van der Waals surface area contributed by atoms with Crippen LogP contribution in [0.4, 0.5) is 5.69 Å². The van der Waals surface area contributed by atoms with Crippen LogP contribution in [0.2, 0.25) is 0 Å². The molecule has 0 aliphatic carbocycles. The van der Waals surface area contributed by atoms with Crippen LogP contribution in [0.5, 0.6) is 0 Å². The Morgan fingerprint density at radius 3 is 2.52 bits per heavy atom. The zero-order valence-corrected chi connectivity index (χ0v) is 15.4. The quantitative estimate of drug-likeness (QED) is 0.701. The molecule has 1 atom stereocenters. The van der Waals surface area contributed by atoms with Crippen molar-refractivity contribution in [2.75, 3.05) is 25.0 Å². The Balaban J connectivity index is 1.70. The first-order valence-corrected chi connectivity index (χ1v) is 9.06. The van der Waals surface area contributed by atoms with Gasteiger partial charge in [-0.3, -0.25) is 4.79 Å². The number of amides is 1. The van der Waals surface area contributed by atoms with Crippen molar-refractivity contribution in [3.8, 4) is 0 Å². The lowest BCUT2D eigenvalue weighted by Crippen LogP contribution is -2.48. The Kier molecular flexibility index (Phi) is 5.20. The molecule has 2 aromatic carbocycles. The van der Waals surface area contributed by atoms with Crippen LogP contribution in [-0.4, -0.2) is 37.0 Å². The van der Waals surface area contributed by atoms with Gasteiger partial charge in [-0.1, -0.05) is 18.2 Å². The van der Waals surface area contributed by atoms with Crippen LogP contribution in [-0.2, 0) is 0 Å². The Labute approximate surface area is 151 Å². The van der Waals surface area contributed by atoms with Crippen molar-refractivity contribution in [1.29, 1.82) is 0 Å². The number of rotatable bonds is 3. The minimum atomic E-state index is 0.112. The lowest BCUT2D eigenvalue weighted by Gasteiger charge is -2.39. The highest BCUT2D eigenvalue weighted by atomic mass is 127. The van der Waals surface area contributed by atoms with Crippen molar-refractivity contribution in [3.05, 3.63) is 63.7 Å². The fourth-order valence-corrected chi connectivity index (χ4v) is 3.47. The van der Waals surface area contributed by atoms with E-state index in [1.54, 1.807) is 0 Å². The molecule has 0 saturated carbocycles. The maximum absolute atomic E-state index is 12.7. The lowest BCUT2D eigenvalue weighted by atomic mass is 10.0. The smallest absolute Gasteiger partial charge is 0.253 e. The van der Waals surface area contributed by atoms with Crippen molar-refractivity contribution in [2.24, 2.45) is 0 Å². The first kappa shape index (κ1) is 16.3. The molecule has 0 spiro atoms. The first-order chi connectivity index (χ1) is 11.1. The Morgan fingerprint density at radius 1 is 1.13 bits per heavy atom. The van der Waals surface area contributed by atoms with Gasteiger partial charge in [0.05, 0.1) is 0 Å². The van der Waals surface area contributed by atoms with E-state index in [2.05, 4.69) is 51.8 Å². The molecule has 1 amide bonds. The molecular weight excluding hydrogens is 399 g/mol. The normalized spacial score (nSPS) is 17.8. The van der Waals surface area contributed by atoms with Gasteiger partial charge >= 0.3 is 0 Å². The number of hydrogen-bond donors (Lipinski definition) is 0. The predicted octanol–water partition coefficient (Wildman–Crippen LogP) is 4.03. The fourth-order valence-electron chi connectivity index (χ4n) is 3.11. The van der Waals surface area contributed by atoms with Crippen LogP contribution < -0.4 is 4.90 Å². The van der Waals surface area contributed by atoms with Crippen molar-refractivity contribution in [2.45, 2.75) is 18.9 Å². The molecule has 1 saturated heterocycles. The number of benzene rings is 2. The first-order valence-electron chi connectivity index (χ1n) is 7.98. The third kappa shape index (κ3) is 3.86. The standard InChI is InChI=1S/C19H21IN2O/c1-21(19(23)15-9-11-16(20)12-10-15)18-8-5-13-22(14-18)17-6-3-2-4-7-17/h2-4,6-7,9-12,18H,5,8,13-14H2,1H3. The van der Waals surface area contributed by atoms with Gasteiger partial charge in [-0.2, -0.15) is 0 Å². The van der Waals surface area contributed by atoms with E-state index in [0.29, 0.717) is 0 Å². The van der Waals surface area contributed by atoms with Gasteiger partial charge in [0.1, 0.15) is 0 Å². The number of halogens is 1. The number of carbonyl (C=O) groups is 1. The van der Waals surface area contributed by atoms with Gasteiger partial charge in [0.25, 0.3) is 5.91 Å². The minimum Gasteiger partial charge on any atom is -0.369 e. The molecule has 1 unspecified atom stereocenters. The van der Waals surface area contributed by atoms with Crippen LogP contribution in [0.25, 0.3) is 0 Å². The molecule has 0 aromatic heterocycles. The van der Waals surface area contributed by atoms with E-state index in [1.807, 2.05) is 42.3 Å². The van der Waals surface area contributed by atoms with E-state index < -0.39 is 0 Å². The van der Waals surface area contributed by atoms with Crippen LogP contribution in [0.3, 0.4) is 0 Å². The zero-order chi connectivity index (χ0) is 16.2. The number of anilines is 1. The van der Waals surface area contributed by atoms with Gasteiger partial charge in [-0.05, 0) is 71.8 Å². The molecule has 1 aliphatic heterocycles. The molecule has 3 nitrogen and oxygen atoms in total. The average Bonchev–Trinajstić information content (AvgIpc) is 2.62. The Bertz CT molecular complexity index is 657. The van der Waals surface area contributed by atoms with Gasteiger partial charge in [0, 0.05) is 41.0 Å². The summed E-state index contributed by atoms with van der Waals surface area (Å²) >= 11 is 2.26. The summed E-state index contributed by atoms with van der Waals surface area (Å²) in [5, 5.41) is 0. The molecular formula is C19H21IN2O. The molecule has 1 aliphatic rings. The number of hydrogen-bond acceptors (Lipinski definition) is 2.